The van der Waals surface area contributed by atoms with Crippen LogP contribution in [-0.2, 0) is 14.6 Å². The van der Waals surface area contributed by atoms with E-state index in [0.29, 0.717) is 11.3 Å². The largest absolute Gasteiger partial charge is 0.497 e. The van der Waals surface area contributed by atoms with Gasteiger partial charge in [0.15, 0.2) is 0 Å². The fourth-order valence-corrected chi connectivity index (χ4v) is 3.87. The first kappa shape index (κ1) is 14.6. The van der Waals surface area contributed by atoms with E-state index in [1.807, 2.05) is 0 Å². The number of rotatable bonds is 4. The number of methoxy groups -OCH3 is 1. The summed E-state index contributed by atoms with van der Waals surface area (Å²) in [6.07, 6.45) is 1.50. The van der Waals surface area contributed by atoms with Gasteiger partial charge in [0, 0.05) is 0 Å². The highest BCUT2D eigenvalue weighted by molar-refractivity contribution is 7.95. The molecule has 0 saturated carbocycles. The SMILES string of the molecule is COc1ccc2c(c1)S(=O)(=O)C(CC(C)(C)C(=O)O)=C2. The number of benzene rings is 1. The number of allylic oxidation sites excluding steroid dienone is 1. The first-order valence-corrected chi connectivity index (χ1v) is 7.54. The van der Waals surface area contributed by atoms with Crippen molar-refractivity contribution in [1.29, 1.82) is 0 Å². The Morgan fingerprint density at radius 3 is 2.55 bits per heavy atom. The first-order valence-electron chi connectivity index (χ1n) is 6.05. The molecule has 1 aliphatic rings. The summed E-state index contributed by atoms with van der Waals surface area (Å²) in [6, 6.07) is 4.80. The molecule has 0 unspecified atom stereocenters. The van der Waals surface area contributed by atoms with Crippen molar-refractivity contribution in [3.05, 3.63) is 28.7 Å². The average Bonchev–Trinajstić information content (AvgIpc) is 2.60. The third-order valence-corrected chi connectivity index (χ3v) is 5.25. The van der Waals surface area contributed by atoms with Crippen LogP contribution in [0.2, 0.25) is 0 Å². The topological polar surface area (TPSA) is 80.7 Å². The van der Waals surface area contributed by atoms with Crippen LogP contribution in [0.4, 0.5) is 0 Å². The van der Waals surface area contributed by atoms with Crippen molar-refractivity contribution in [3.8, 4) is 5.75 Å². The molecule has 0 saturated heterocycles. The lowest BCUT2D eigenvalue weighted by molar-refractivity contribution is -0.146. The number of sulfone groups is 1. The summed E-state index contributed by atoms with van der Waals surface area (Å²) in [5.41, 5.74) is -0.563. The third-order valence-electron chi connectivity index (χ3n) is 3.37. The Kier molecular flexibility index (Phi) is 3.37. The van der Waals surface area contributed by atoms with E-state index in [-0.39, 0.29) is 16.2 Å². The number of carboxylic acids is 1. The molecular formula is C14H16O5S. The molecule has 0 spiro atoms. The molecule has 20 heavy (non-hydrogen) atoms. The zero-order valence-electron chi connectivity index (χ0n) is 11.5. The van der Waals surface area contributed by atoms with Gasteiger partial charge in [0.1, 0.15) is 5.75 Å². The van der Waals surface area contributed by atoms with E-state index in [2.05, 4.69) is 0 Å². The molecule has 0 amide bonds. The van der Waals surface area contributed by atoms with Crippen LogP contribution in [-0.4, -0.2) is 26.6 Å². The molecule has 1 aromatic rings. The Balaban J connectivity index is 2.44. The van der Waals surface area contributed by atoms with Crippen LogP contribution in [0.1, 0.15) is 25.8 Å². The Labute approximate surface area is 117 Å². The number of carbonyl (C=O) groups is 1. The number of hydrogen-bond acceptors (Lipinski definition) is 4. The number of aliphatic carboxylic acids is 1. The summed E-state index contributed by atoms with van der Waals surface area (Å²) in [6.45, 7) is 3.02. The number of ether oxygens (including phenoxy) is 1. The number of carboxylic acid groups (broad SMARTS) is 1. The van der Waals surface area contributed by atoms with E-state index in [9.17, 15) is 13.2 Å². The Morgan fingerprint density at radius 1 is 1.35 bits per heavy atom. The lowest BCUT2D eigenvalue weighted by Crippen LogP contribution is -2.25. The molecule has 0 aromatic heterocycles. The fraction of sp³-hybridized carbons (Fsp3) is 0.357. The second-order valence-corrected chi connectivity index (χ2v) is 7.35. The average molecular weight is 296 g/mol. The van der Waals surface area contributed by atoms with Gasteiger partial charge >= 0.3 is 5.97 Å². The third kappa shape index (κ3) is 2.31. The maximum atomic E-state index is 12.4. The molecule has 0 bridgehead atoms. The molecule has 1 aliphatic heterocycles. The minimum absolute atomic E-state index is 0.0400. The van der Waals surface area contributed by atoms with Crippen molar-refractivity contribution in [1.82, 2.24) is 0 Å². The van der Waals surface area contributed by atoms with Gasteiger partial charge in [-0.1, -0.05) is 0 Å². The minimum atomic E-state index is -3.63. The summed E-state index contributed by atoms with van der Waals surface area (Å²) in [7, 11) is -2.16. The van der Waals surface area contributed by atoms with Crippen LogP contribution in [0.3, 0.4) is 0 Å². The van der Waals surface area contributed by atoms with Crippen molar-refractivity contribution >= 4 is 21.9 Å². The zero-order valence-corrected chi connectivity index (χ0v) is 12.3. The van der Waals surface area contributed by atoms with E-state index in [4.69, 9.17) is 9.84 Å². The van der Waals surface area contributed by atoms with Gasteiger partial charge in [0.05, 0.1) is 22.3 Å². The molecule has 0 radical (unpaired) electrons. The van der Waals surface area contributed by atoms with E-state index < -0.39 is 21.2 Å². The maximum Gasteiger partial charge on any atom is 0.309 e. The molecule has 6 heteroatoms. The van der Waals surface area contributed by atoms with Crippen molar-refractivity contribution in [3.63, 3.8) is 0 Å². The van der Waals surface area contributed by atoms with Crippen molar-refractivity contribution in [2.75, 3.05) is 7.11 Å². The van der Waals surface area contributed by atoms with Crippen LogP contribution in [0.5, 0.6) is 5.75 Å². The van der Waals surface area contributed by atoms with Gasteiger partial charge in [-0.3, -0.25) is 4.79 Å². The Bertz CT molecular complexity index is 698. The van der Waals surface area contributed by atoms with Crippen LogP contribution < -0.4 is 4.74 Å². The monoisotopic (exact) mass is 296 g/mol. The Morgan fingerprint density at radius 2 is 2.00 bits per heavy atom. The zero-order chi connectivity index (χ0) is 15.1. The summed E-state index contributed by atoms with van der Waals surface area (Å²) in [5.74, 6) is -0.568. The first-order chi connectivity index (χ1) is 9.18. The number of hydrogen-bond donors (Lipinski definition) is 1. The van der Waals surface area contributed by atoms with Crippen molar-refractivity contribution in [2.45, 2.75) is 25.2 Å². The highest BCUT2D eigenvalue weighted by atomic mass is 32.2. The van der Waals surface area contributed by atoms with Gasteiger partial charge in [-0.25, -0.2) is 8.42 Å². The smallest absolute Gasteiger partial charge is 0.309 e. The second kappa shape index (κ2) is 4.63. The quantitative estimate of drug-likeness (QED) is 0.922. The van der Waals surface area contributed by atoms with Gasteiger partial charge in [-0.05, 0) is 50.1 Å². The van der Waals surface area contributed by atoms with Gasteiger partial charge in [-0.15, -0.1) is 0 Å². The highest BCUT2D eigenvalue weighted by Gasteiger charge is 2.37. The molecule has 5 nitrogen and oxygen atoms in total. The van der Waals surface area contributed by atoms with Gasteiger partial charge in [-0.2, -0.15) is 0 Å². The molecular weight excluding hydrogens is 280 g/mol. The molecule has 1 aromatic carbocycles. The normalized spacial score (nSPS) is 16.4. The van der Waals surface area contributed by atoms with E-state index >= 15 is 0 Å². The van der Waals surface area contributed by atoms with Gasteiger partial charge < -0.3 is 9.84 Å². The summed E-state index contributed by atoms with van der Waals surface area (Å²) in [5, 5.41) is 9.13. The van der Waals surface area contributed by atoms with Crippen LogP contribution in [0.25, 0.3) is 6.08 Å². The predicted octanol–water partition coefficient (Wildman–Crippen LogP) is 2.32. The van der Waals surface area contributed by atoms with Crippen LogP contribution >= 0.6 is 0 Å². The molecule has 1 N–H and O–H groups in total. The molecule has 108 valence electrons. The predicted molar refractivity (Wildman–Crippen MR) is 74.2 cm³/mol. The maximum absolute atomic E-state index is 12.4. The molecule has 0 aliphatic carbocycles. The van der Waals surface area contributed by atoms with Crippen LogP contribution in [0, 0.1) is 5.41 Å². The van der Waals surface area contributed by atoms with E-state index in [1.165, 1.54) is 33.1 Å². The lowest BCUT2D eigenvalue weighted by atomic mass is 9.89. The number of fused-ring (bicyclic) bond motifs is 1. The molecule has 2 rings (SSSR count). The van der Waals surface area contributed by atoms with Crippen molar-refractivity contribution < 1.29 is 23.1 Å². The minimum Gasteiger partial charge on any atom is -0.497 e. The lowest BCUT2D eigenvalue weighted by Gasteiger charge is -2.19. The standard InChI is InChI=1S/C14H16O5S/c1-14(2,13(15)16)8-11-6-9-4-5-10(19-3)7-12(9)20(11,17)18/h4-7H,8H2,1-3H3,(H,15,16). The molecule has 1 heterocycles. The van der Waals surface area contributed by atoms with Gasteiger partial charge in [0.25, 0.3) is 0 Å². The Hall–Kier alpha value is -1.82. The van der Waals surface area contributed by atoms with Crippen LogP contribution in [0.15, 0.2) is 28.0 Å². The summed E-state index contributed by atoms with van der Waals surface area (Å²) in [4.78, 5) is 11.5. The fourth-order valence-electron chi connectivity index (χ4n) is 2.04. The summed E-state index contributed by atoms with van der Waals surface area (Å²) >= 11 is 0. The second-order valence-electron chi connectivity index (χ2n) is 5.38. The van der Waals surface area contributed by atoms with Gasteiger partial charge in [0.2, 0.25) is 9.84 Å². The molecule has 0 fully saturated rings. The van der Waals surface area contributed by atoms with E-state index in [0.717, 1.165) is 0 Å². The highest BCUT2D eigenvalue weighted by Crippen LogP contribution is 2.40. The van der Waals surface area contributed by atoms with Crippen molar-refractivity contribution in [2.24, 2.45) is 5.41 Å². The molecule has 0 atom stereocenters. The van der Waals surface area contributed by atoms with E-state index in [1.54, 1.807) is 12.1 Å². The summed E-state index contributed by atoms with van der Waals surface area (Å²) < 4.78 is 29.9.